The summed E-state index contributed by atoms with van der Waals surface area (Å²) >= 11 is 0. The number of amides is 1. The highest BCUT2D eigenvalue weighted by atomic mass is 19.3. The Kier molecular flexibility index (Phi) is 12.9. The van der Waals surface area contributed by atoms with Gasteiger partial charge in [0.15, 0.2) is 11.5 Å². The van der Waals surface area contributed by atoms with Crippen molar-refractivity contribution >= 4 is 23.0 Å². The second-order valence-electron chi connectivity index (χ2n) is 12.1. The number of aromatic nitrogens is 1. The second-order valence-corrected chi connectivity index (χ2v) is 12.1. The smallest absolute Gasteiger partial charge is 0.395 e. The molecule has 1 saturated carbocycles. The third-order valence-electron chi connectivity index (χ3n) is 8.02. The summed E-state index contributed by atoms with van der Waals surface area (Å²) in [6, 6.07) is 20.4. The number of carbonyl (C=O) groups is 1. The standard InChI is InChI=1S/C23H27FN2O2.C11H10F2O2.2C2H6/c1-4-10-26-21-13-19(24)20(25-16-27)11-18(21)12-22(26)23(2,3)15-28-14-17-8-6-5-7-9-17;1-10(4-5-10)7-2-3-8-9(6-7)15-11(12,13)14-8;2*1-2/h5-9,11-13,16H,4,10,14-15H2,1-3H3,(H,25,27);2-3,6H,4-5H2,1H3;2*1-2H3. The van der Waals surface area contributed by atoms with Crippen LogP contribution < -0.4 is 14.8 Å². The van der Waals surface area contributed by atoms with Crippen LogP contribution in [0.25, 0.3) is 10.9 Å². The second kappa shape index (κ2) is 16.2. The van der Waals surface area contributed by atoms with Crippen LogP contribution >= 0.6 is 0 Å². The van der Waals surface area contributed by atoms with Gasteiger partial charge in [-0.3, -0.25) is 4.79 Å². The molecule has 256 valence electrons. The van der Waals surface area contributed by atoms with E-state index in [-0.39, 0.29) is 28.0 Å². The van der Waals surface area contributed by atoms with Gasteiger partial charge in [0.2, 0.25) is 6.41 Å². The summed E-state index contributed by atoms with van der Waals surface area (Å²) in [6.45, 7) is 18.4. The molecule has 1 amide bonds. The van der Waals surface area contributed by atoms with Crippen LogP contribution in [0, 0.1) is 5.82 Å². The first-order valence-electron chi connectivity index (χ1n) is 16.5. The minimum absolute atomic E-state index is 0.119. The molecule has 6 nitrogen and oxygen atoms in total. The van der Waals surface area contributed by atoms with Crippen molar-refractivity contribution < 1.29 is 32.2 Å². The van der Waals surface area contributed by atoms with E-state index in [1.54, 1.807) is 18.2 Å². The molecule has 9 heteroatoms. The molecule has 0 unspecified atom stereocenters. The van der Waals surface area contributed by atoms with Gasteiger partial charge in [0, 0.05) is 29.1 Å². The highest BCUT2D eigenvalue weighted by molar-refractivity contribution is 5.88. The van der Waals surface area contributed by atoms with Crippen LogP contribution in [-0.2, 0) is 33.5 Å². The molecule has 1 aromatic heterocycles. The Morgan fingerprint density at radius 3 is 2.23 bits per heavy atom. The Labute approximate surface area is 277 Å². The van der Waals surface area contributed by atoms with Crippen LogP contribution in [0.3, 0.4) is 0 Å². The molecule has 2 aliphatic rings. The molecule has 0 atom stereocenters. The number of benzene rings is 3. The Balaban J connectivity index is 0.000000264. The summed E-state index contributed by atoms with van der Waals surface area (Å²) in [5.41, 5.74) is 4.21. The van der Waals surface area contributed by atoms with Crippen LogP contribution in [0.1, 0.15) is 91.5 Å². The fourth-order valence-corrected chi connectivity index (χ4v) is 5.36. The SMILES string of the molecule is CC.CC.CC1(c2ccc3c(c2)OC(F)(F)O3)CC1.CCCn1c(C(C)(C)COCc2ccccc2)cc2cc(NC=O)c(F)cc21. The minimum Gasteiger partial charge on any atom is -0.395 e. The number of nitrogens with zero attached hydrogens (tertiary/aromatic N) is 1. The molecule has 1 aliphatic carbocycles. The number of rotatable bonds is 10. The van der Waals surface area contributed by atoms with E-state index in [0.29, 0.717) is 19.6 Å². The van der Waals surface area contributed by atoms with E-state index in [1.807, 2.05) is 64.1 Å². The molecule has 3 aromatic carbocycles. The summed E-state index contributed by atoms with van der Waals surface area (Å²) in [5.74, 6) is -0.168. The van der Waals surface area contributed by atoms with Gasteiger partial charge in [-0.2, -0.15) is 0 Å². The normalized spacial score (nSPS) is 14.9. The average Bonchev–Trinajstić information content (AvgIpc) is 3.59. The lowest BCUT2D eigenvalue weighted by atomic mass is 9.90. The number of nitrogens with one attached hydrogen (secondary N) is 1. The molecule has 1 N–H and O–H groups in total. The molecule has 2 heterocycles. The average molecular weight is 655 g/mol. The molecule has 0 bridgehead atoms. The summed E-state index contributed by atoms with van der Waals surface area (Å²) in [5, 5.41) is 3.34. The summed E-state index contributed by atoms with van der Waals surface area (Å²) in [7, 11) is 0. The van der Waals surface area contributed by atoms with Crippen LogP contribution in [-0.4, -0.2) is 23.9 Å². The summed E-state index contributed by atoms with van der Waals surface area (Å²) < 4.78 is 56.7. The number of fused-ring (bicyclic) bond motifs is 2. The van der Waals surface area contributed by atoms with Crippen molar-refractivity contribution in [2.45, 2.75) is 105 Å². The minimum atomic E-state index is -3.51. The Morgan fingerprint density at radius 1 is 0.957 bits per heavy atom. The van der Waals surface area contributed by atoms with Gasteiger partial charge in [0.1, 0.15) is 5.82 Å². The molecule has 1 fully saturated rings. The van der Waals surface area contributed by atoms with Gasteiger partial charge >= 0.3 is 6.29 Å². The summed E-state index contributed by atoms with van der Waals surface area (Å²) in [4.78, 5) is 10.7. The van der Waals surface area contributed by atoms with E-state index in [4.69, 9.17) is 4.74 Å². The van der Waals surface area contributed by atoms with Gasteiger partial charge in [-0.25, -0.2) is 4.39 Å². The maximum absolute atomic E-state index is 14.4. The number of aryl methyl sites for hydroxylation is 1. The fourth-order valence-electron chi connectivity index (χ4n) is 5.36. The number of anilines is 1. The van der Waals surface area contributed by atoms with E-state index < -0.39 is 12.1 Å². The molecular weight excluding hydrogens is 605 g/mol. The van der Waals surface area contributed by atoms with Crippen LogP contribution in [0.15, 0.2) is 66.7 Å². The predicted molar refractivity (Wildman–Crippen MR) is 183 cm³/mol. The van der Waals surface area contributed by atoms with Crippen molar-refractivity contribution in [3.05, 3.63) is 89.4 Å². The molecule has 47 heavy (non-hydrogen) atoms. The quantitative estimate of drug-likeness (QED) is 0.173. The molecule has 0 saturated heterocycles. The third-order valence-corrected chi connectivity index (χ3v) is 8.02. The first kappa shape index (κ1) is 37.5. The van der Waals surface area contributed by atoms with Crippen LogP contribution in [0.4, 0.5) is 18.9 Å². The highest BCUT2D eigenvalue weighted by Crippen LogP contribution is 2.51. The van der Waals surface area contributed by atoms with Crippen molar-refractivity contribution in [2.75, 3.05) is 11.9 Å². The zero-order valence-electron chi connectivity index (χ0n) is 28.9. The molecule has 0 spiro atoms. The van der Waals surface area contributed by atoms with E-state index in [9.17, 15) is 18.0 Å². The summed E-state index contributed by atoms with van der Waals surface area (Å²) in [6.07, 6.45) is 0.126. The fraction of sp³-hybridized carbons (Fsp3) is 0.447. The first-order valence-corrected chi connectivity index (χ1v) is 16.5. The first-order chi connectivity index (χ1) is 22.4. The molecular formula is C38H49F3N2O4. The third kappa shape index (κ3) is 9.31. The van der Waals surface area contributed by atoms with Crippen molar-refractivity contribution in [1.82, 2.24) is 4.57 Å². The Hall–Kier alpha value is -3.98. The van der Waals surface area contributed by atoms with Gasteiger partial charge in [-0.15, -0.1) is 8.78 Å². The van der Waals surface area contributed by atoms with Crippen LogP contribution in [0.2, 0.25) is 0 Å². The molecule has 6 rings (SSSR count). The van der Waals surface area contributed by atoms with Crippen molar-refractivity contribution in [2.24, 2.45) is 0 Å². The zero-order valence-corrected chi connectivity index (χ0v) is 28.9. The maximum Gasteiger partial charge on any atom is 0.586 e. The van der Waals surface area contributed by atoms with Gasteiger partial charge in [0.05, 0.1) is 24.4 Å². The highest BCUT2D eigenvalue weighted by Gasteiger charge is 2.45. The lowest BCUT2D eigenvalue weighted by molar-refractivity contribution is -0.286. The van der Waals surface area contributed by atoms with Gasteiger partial charge < -0.3 is 24.1 Å². The number of carbonyl (C=O) groups excluding carboxylic acids is 1. The van der Waals surface area contributed by atoms with Gasteiger partial charge in [-0.05, 0) is 60.1 Å². The Morgan fingerprint density at radius 2 is 1.62 bits per heavy atom. The lowest BCUT2D eigenvalue weighted by Gasteiger charge is -2.27. The maximum atomic E-state index is 14.4. The number of hydrogen-bond acceptors (Lipinski definition) is 4. The van der Waals surface area contributed by atoms with Crippen molar-refractivity contribution in [1.29, 1.82) is 0 Å². The van der Waals surface area contributed by atoms with Gasteiger partial charge in [-0.1, -0.05) is 91.8 Å². The van der Waals surface area contributed by atoms with E-state index in [0.717, 1.165) is 53.5 Å². The molecule has 0 radical (unpaired) electrons. The number of ether oxygens (including phenoxy) is 3. The van der Waals surface area contributed by atoms with Crippen LogP contribution in [0.5, 0.6) is 11.5 Å². The van der Waals surface area contributed by atoms with E-state index >= 15 is 0 Å². The number of alkyl halides is 2. The molecule has 1 aliphatic heterocycles. The molecule has 4 aromatic rings. The van der Waals surface area contributed by atoms with Crippen molar-refractivity contribution in [3.8, 4) is 11.5 Å². The van der Waals surface area contributed by atoms with E-state index in [2.05, 4.69) is 53.1 Å². The largest absolute Gasteiger partial charge is 0.586 e. The topological polar surface area (TPSA) is 61.7 Å². The lowest BCUT2D eigenvalue weighted by Crippen LogP contribution is -2.27. The predicted octanol–water partition coefficient (Wildman–Crippen LogP) is 10.4. The number of hydrogen-bond donors (Lipinski definition) is 1. The van der Waals surface area contributed by atoms with E-state index in [1.165, 1.54) is 6.07 Å². The monoisotopic (exact) mass is 654 g/mol. The van der Waals surface area contributed by atoms with Crippen molar-refractivity contribution in [3.63, 3.8) is 0 Å². The zero-order chi connectivity index (χ0) is 34.8. The number of halogens is 3. The van der Waals surface area contributed by atoms with Gasteiger partial charge in [0.25, 0.3) is 0 Å². The Bertz CT molecular complexity index is 1600.